The molecule has 5 aliphatic carbocycles. The number of carbonyl (C=O) groups is 6. The van der Waals surface area contributed by atoms with Crippen LogP contribution in [0.1, 0.15) is 112 Å². The van der Waals surface area contributed by atoms with Gasteiger partial charge in [0, 0.05) is 43.1 Å². The van der Waals surface area contributed by atoms with Crippen molar-refractivity contribution in [1.82, 2.24) is 10.4 Å². The zero-order chi connectivity index (χ0) is 40.3. The molecule has 0 spiro atoms. The molecule has 1 heterocycles. The minimum absolute atomic E-state index is 0.0263. The highest BCUT2D eigenvalue weighted by atomic mass is 16.7. The van der Waals surface area contributed by atoms with Crippen LogP contribution >= 0.6 is 0 Å². The van der Waals surface area contributed by atoms with Crippen molar-refractivity contribution in [2.45, 2.75) is 112 Å². The first-order chi connectivity index (χ1) is 26.6. The van der Waals surface area contributed by atoms with Gasteiger partial charge in [-0.2, -0.15) is 0 Å². The number of allylic oxidation sites excluding steroid dienone is 2. The predicted octanol–water partition coefficient (Wildman–Crippen LogP) is 4.94. The van der Waals surface area contributed by atoms with E-state index < -0.39 is 23.2 Å². The normalized spacial score (nSPS) is 36.6. The molecule has 1 aliphatic heterocycles. The second-order valence-corrected chi connectivity index (χ2v) is 18.5. The molecule has 0 aromatic heterocycles. The summed E-state index contributed by atoms with van der Waals surface area (Å²) in [5.74, 6) is -0.258. The fourth-order valence-electron chi connectivity index (χ4n) is 11.7. The summed E-state index contributed by atoms with van der Waals surface area (Å²) in [6.45, 7) is 14.2. The van der Waals surface area contributed by atoms with Crippen LogP contribution in [-0.4, -0.2) is 99.7 Å². The van der Waals surface area contributed by atoms with E-state index in [1.807, 2.05) is 6.08 Å². The first-order valence-electron chi connectivity index (χ1n) is 21.1. The van der Waals surface area contributed by atoms with E-state index in [0.29, 0.717) is 69.4 Å². The summed E-state index contributed by atoms with van der Waals surface area (Å²) in [6, 6.07) is 0. The summed E-state index contributed by atoms with van der Waals surface area (Å²) in [4.78, 5) is 80.3. The van der Waals surface area contributed by atoms with Gasteiger partial charge in [0.2, 0.25) is 5.91 Å². The number of ketones is 2. The van der Waals surface area contributed by atoms with Gasteiger partial charge in [0.05, 0.1) is 59.3 Å². The number of hydroxylamine groups is 2. The number of nitrogens with zero attached hydrogens (tertiary/aromatic N) is 1. The van der Waals surface area contributed by atoms with Crippen LogP contribution in [0.5, 0.6) is 0 Å². The molecule has 0 radical (unpaired) electrons. The summed E-state index contributed by atoms with van der Waals surface area (Å²) in [5.41, 5.74) is 0.606. The lowest BCUT2D eigenvalue weighted by Crippen LogP contribution is -2.61. The molecule has 3 amide bonds. The highest BCUT2D eigenvalue weighted by Crippen LogP contribution is 2.69. The van der Waals surface area contributed by atoms with Crippen molar-refractivity contribution in [3.05, 3.63) is 11.6 Å². The van der Waals surface area contributed by atoms with Gasteiger partial charge < -0.3 is 29.1 Å². The minimum atomic E-state index is -0.706. The van der Waals surface area contributed by atoms with Gasteiger partial charge in [0.25, 0.3) is 11.8 Å². The third-order valence-electron chi connectivity index (χ3n) is 15.0. The van der Waals surface area contributed by atoms with Gasteiger partial charge in [-0.3, -0.25) is 24.0 Å². The maximum absolute atomic E-state index is 14.3. The molecule has 56 heavy (non-hydrogen) atoms. The third kappa shape index (κ3) is 8.57. The smallest absolute Gasteiger partial charge is 0.335 e. The van der Waals surface area contributed by atoms with Crippen molar-refractivity contribution < 1.29 is 52.6 Å². The number of amides is 3. The Morgan fingerprint density at radius 2 is 1.36 bits per heavy atom. The summed E-state index contributed by atoms with van der Waals surface area (Å²) in [7, 11) is 0. The summed E-state index contributed by atoms with van der Waals surface area (Å²) < 4.78 is 22.1. The highest BCUT2D eigenvalue weighted by Gasteiger charge is 2.65. The summed E-state index contributed by atoms with van der Waals surface area (Å²) >= 11 is 0. The molecule has 4 saturated carbocycles. The van der Waals surface area contributed by atoms with Crippen molar-refractivity contribution in [3.63, 3.8) is 0 Å². The molecule has 9 atom stereocenters. The van der Waals surface area contributed by atoms with Crippen LogP contribution in [0.2, 0.25) is 0 Å². The highest BCUT2D eigenvalue weighted by molar-refractivity contribution is 6.01. The predicted molar refractivity (Wildman–Crippen MR) is 203 cm³/mol. The average molecular weight is 785 g/mol. The zero-order valence-corrected chi connectivity index (χ0v) is 34.3. The maximum Gasteiger partial charge on any atom is 0.335 e. The molecule has 0 aromatic carbocycles. The number of carbonyl (C=O) groups excluding carboxylic acids is 6. The van der Waals surface area contributed by atoms with E-state index in [9.17, 15) is 28.8 Å². The topological polar surface area (TPSA) is 164 Å². The minimum Gasteiger partial charge on any atom is -0.378 e. The van der Waals surface area contributed by atoms with Crippen LogP contribution in [0.4, 0.5) is 0 Å². The van der Waals surface area contributed by atoms with E-state index in [2.05, 4.69) is 39.9 Å². The number of Topliss-reactive ketones (excluding diaryl/α,β-unsaturated/α-hetero) is 1. The lowest BCUT2D eigenvalue weighted by molar-refractivity contribution is -0.198. The molecule has 1 saturated heterocycles. The van der Waals surface area contributed by atoms with Gasteiger partial charge >= 0.3 is 5.97 Å². The van der Waals surface area contributed by atoms with Gasteiger partial charge in [-0.15, -0.1) is 5.06 Å². The molecule has 6 aliphatic rings. The van der Waals surface area contributed by atoms with E-state index in [0.717, 1.165) is 51.4 Å². The van der Waals surface area contributed by atoms with Crippen molar-refractivity contribution in [3.8, 4) is 0 Å². The Hall–Kier alpha value is -3.00. The molecular formula is C43H64N2O11. The largest absolute Gasteiger partial charge is 0.378 e. The lowest BCUT2D eigenvalue weighted by atomic mass is 9.38. The number of nitrogens with one attached hydrogen (secondary N) is 1. The van der Waals surface area contributed by atoms with Crippen molar-refractivity contribution in [2.75, 3.05) is 59.4 Å². The van der Waals surface area contributed by atoms with Crippen LogP contribution in [0.3, 0.4) is 0 Å². The molecular weight excluding hydrogens is 720 g/mol. The molecule has 312 valence electrons. The Morgan fingerprint density at radius 1 is 0.732 bits per heavy atom. The fourth-order valence-corrected chi connectivity index (χ4v) is 11.7. The van der Waals surface area contributed by atoms with E-state index in [1.165, 1.54) is 5.57 Å². The molecule has 0 aromatic rings. The number of rotatable bonds is 17. The van der Waals surface area contributed by atoms with Crippen LogP contribution in [0.25, 0.3) is 0 Å². The van der Waals surface area contributed by atoms with Crippen LogP contribution in [-0.2, 0) is 52.6 Å². The Labute approximate surface area is 331 Å². The van der Waals surface area contributed by atoms with Crippen LogP contribution in [0.15, 0.2) is 11.6 Å². The van der Waals surface area contributed by atoms with E-state index >= 15 is 0 Å². The number of hydrogen-bond acceptors (Lipinski definition) is 11. The monoisotopic (exact) mass is 784 g/mol. The SMILES string of the molecule is C[C@H]1C(=O)CC[C@]2(C)[C@H]3C(=O)C=C4C(CC[C@@]5(C)CC[C@](C)(C(=O)NCCOCCOCCOCCOCCC(=O)ON6C(=O)CCC6=O)C[C@H]45)[C@]3(C)CC[C@@H]12. The summed E-state index contributed by atoms with van der Waals surface area (Å²) in [5, 5.41) is 3.66. The second kappa shape index (κ2) is 17.5. The van der Waals surface area contributed by atoms with Gasteiger partial charge in [-0.1, -0.05) is 40.2 Å². The molecule has 13 nitrogen and oxygen atoms in total. The third-order valence-corrected chi connectivity index (χ3v) is 15.0. The number of ether oxygens (including phenoxy) is 4. The van der Waals surface area contributed by atoms with Crippen molar-refractivity contribution in [2.24, 2.45) is 51.2 Å². The Kier molecular flexibility index (Phi) is 13.3. The van der Waals surface area contributed by atoms with Crippen molar-refractivity contribution in [1.29, 1.82) is 0 Å². The molecule has 6 rings (SSSR count). The van der Waals surface area contributed by atoms with Gasteiger partial charge in [-0.25, -0.2) is 4.79 Å². The Balaban J connectivity index is 0.866. The van der Waals surface area contributed by atoms with Gasteiger partial charge in [0.15, 0.2) is 5.78 Å². The maximum atomic E-state index is 14.3. The number of imide groups is 1. The molecule has 0 bridgehead atoms. The Bertz CT molecular complexity index is 1550. The number of hydrogen-bond donors (Lipinski definition) is 1. The molecule has 1 unspecified atom stereocenters. The first-order valence-corrected chi connectivity index (χ1v) is 21.1. The standard InChI is InChI=1S/C43H64N2O11/c1-28-30-9-13-43(5)31-8-12-40(2)15-16-41(3,27-32(40)29(31)26-34(47)38(43)42(30,4)14-10-33(28)46)39(51)44-17-19-53-21-23-55-25-24-54-22-20-52-18-11-37(50)56-45-35(48)6-7-36(45)49/h26,28,30-32,38H,6-25,27H2,1-5H3,(H,44,51)/t28-,30+,31?,32-,38-,40+,41+,42+,43+/m1/s1. The van der Waals surface area contributed by atoms with Crippen LogP contribution < -0.4 is 5.32 Å². The number of fused-ring (bicyclic) bond motifs is 7. The van der Waals surface area contributed by atoms with Crippen molar-refractivity contribution >= 4 is 35.3 Å². The quantitative estimate of drug-likeness (QED) is 0.157. The van der Waals surface area contributed by atoms with E-state index in [-0.39, 0.29) is 84.1 Å². The molecule has 5 fully saturated rings. The van der Waals surface area contributed by atoms with Gasteiger partial charge in [-0.05, 0) is 91.4 Å². The molecule has 1 N–H and O–H groups in total. The molecule has 13 heteroatoms. The first kappa shape index (κ1) is 42.6. The van der Waals surface area contributed by atoms with E-state index in [1.54, 1.807) is 0 Å². The Morgan fingerprint density at radius 3 is 2.02 bits per heavy atom. The summed E-state index contributed by atoms with van der Waals surface area (Å²) in [6.07, 6.45) is 10.2. The zero-order valence-electron chi connectivity index (χ0n) is 34.3. The lowest BCUT2D eigenvalue weighted by Gasteiger charge is -2.65. The second-order valence-electron chi connectivity index (χ2n) is 18.5. The average Bonchev–Trinajstić information content (AvgIpc) is 3.47. The van der Waals surface area contributed by atoms with Gasteiger partial charge in [0.1, 0.15) is 5.78 Å². The fraction of sp³-hybridized carbons (Fsp3) is 0.814. The van der Waals surface area contributed by atoms with E-state index in [4.69, 9.17) is 23.8 Å². The van der Waals surface area contributed by atoms with Crippen LogP contribution in [0, 0.1) is 51.2 Å².